The number of aliphatic hydroxyl groups excluding tert-OH is 5. The van der Waals surface area contributed by atoms with Crippen LogP contribution < -0.4 is 5.32 Å². The average Bonchev–Trinajstić information content (AvgIpc) is 3.41. The number of ether oxygens (including phenoxy) is 3. The second-order valence-electron chi connectivity index (χ2n) is 21.1. The van der Waals surface area contributed by atoms with Gasteiger partial charge in [0.25, 0.3) is 0 Å². The number of hydrogen-bond donors (Lipinski definition) is 6. The monoisotopic (exact) mass is 1060 g/mol. The predicted molar refractivity (Wildman–Crippen MR) is 310 cm³/mol. The first-order chi connectivity index (χ1) is 36.7. The number of esters is 1. The molecule has 0 aromatic rings. The summed E-state index contributed by atoms with van der Waals surface area (Å²) in [4.78, 5) is 26.5. The molecule has 1 rings (SSSR count). The lowest BCUT2D eigenvalue weighted by molar-refractivity contribution is -0.305. The van der Waals surface area contributed by atoms with Crippen LogP contribution in [-0.2, 0) is 23.8 Å². The van der Waals surface area contributed by atoms with Crippen LogP contribution in [0, 0.1) is 0 Å². The molecule has 1 fully saturated rings. The van der Waals surface area contributed by atoms with E-state index in [9.17, 15) is 35.1 Å². The molecule has 8 unspecified atom stereocenters. The summed E-state index contributed by atoms with van der Waals surface area (Å²) in [6.07, 6.45) is 55.1. The van der Waals surface area contributed by atoms with Crippen LogP contribution in [0.15, 0.2) is 72.9 Å². The fourth-order valence-corrected chi connectivity index (χ4v) is 9.27. The summed E-state index contributed by atoms with van der Waals surface area (Å²) in [6.45, 7) is 5.62. The molecular formula is C64H113NO10. The minimum absolute atomic E-state index is 0.108. The fraction of sp³-hybridized carbons (Fsp3) is 0.781. The van der Waals surface area contributed by atoms with Crippen LogP contribution in [0.3, 0.4) is 0 Å². The Morgan fingerprint density at radius 2 is 1.01 bits per heavy atom. The molecule has 8 atom stereocenters. The quantitative estimate of drug-likeness (QED) is 0.0149. The number of nitrogens with one attached hydrogen (secondary N) is 1. The number of carbonyl (C=O) groups excluding carboxylic acids is 2. The van der Waals surface area contributed by atoms with E-state index in [4.69, 9.17) is 14.2 Å². The molecule has 1 heterocycles. The van der Waals surface area contributed by atoms with Gasteiger partial charge in [0, 0.05) is 6.42 Å². The Morgan fingerprint density at radius 3 is 1.56 bits per heavy atom. The van der Waals surface area contributed by atoms with E-state index in [2.05, 4.69) is 80.8 Å². The molecular weight excluding hydrogens is 943 g/mol. The van der Waals surface area contributed by atoms with Gasteiger partial charge in [-0.1, -0.05) is 248 Å². The van der Waals surface area contributed by atoms with Gasteiger partial charge in [-0.3, -0.25) is 9.59 Å². The Balaban J connectivity index is 2.66. The van der Waals surface area contributed by atoms with E-state index in [0.29, 0.717) is 12.8 Å². The van der Waals surface area contributed by atoms with E-state index < -0.39 is 67.4 Å². The smallest absolute Gasteiger partial charge is 0.306 e. The number of hydrogen-bond acceptors (Lipinski definition) is 10. The number of carbonyl (C=O) groups is 2. The van der Waals surface area contributed by atoms with Gasteiger partial charge in [-0.2, -0.15) is 0 Å². The number of unbranched alkanes of at least 4 members (excludes halogenated alkanes) is 29. The summed E-state index contributed by atoms with van der Waals surface area (Å²) in [6, 6.07) is -1.03. The Labute approximate surface area is 458 Å². The zero-order chi connectivity index (χ0) is 54.7. The molecule has 0 aromatic carbocycles. The van der Waals surface area contributed by atoms with Gasteiger partial charge in [-0.15, -0.1) is 0 Å². The van der Waals surface area contributed by atoms with Gasteiger partial charge in [-0.05, 0) is 77.0 Å². The van der Waals surface area contributed by atoms with Crippen LogP contribution in [-0.4, -0.2) is 99.6 Å². The minimum Gasteiger partial charge on any atom is -0.454 e. The van der Waals surface area contributed by atoms with Crippen molar-refractivity contribution in [3.63, 3.8) is 0 Å². The topological polar surface area (TPSA) is 175 Å². The van der Waals surface area contributed by atoms with Crippen molar-refractivity contribution in [3.8, 4) is 0 Å². The van der Waals surface area contributed by atoms with Crippen LogP contribution in [0.25, 0.3) is 0 Å². The van der Waals surface area contributed by atoms with Gasteiger partial charge in [0.2, 0.25) is 5.91 Å². The van der Waals surface area contributed by atoms with Gasteiger partial charge in [-0.25, -0.2) is 0 Å². The molecule has 11 nitrogen and oxygen atoms in total. The third-order valence-electron chi connectivity index (χ3n) is 14.2. The van der Waals surface area contributed by atoms with Crippen molar-refractivity contribution in [3.05, 3.63) is 72.9 Å². The lowest BCUT2D eigenvalue weighted by Gasteiger charge is -2.41. The molecule has 0 saturated carbocycles. The maximum atomic E-state index is 13.4. The maximum absolute atomic E-state index is 13.4. The molecule has 0 aliphatic carbocycles. The molecule has 6 N–H and O–H groups in total. The molecule has 11 heteroatoms. The SMILES string of the molecule is CC/C=C/C=C/C=C/CCCCCCCCCC(=O)OC1C(OCC(NC(=O)C(O)CCCCCCCCCCCC/C=C\C/C=C\CCCCC)C(O)/C=C/CCCCCCCCCCC)OC(CO)C(O)C1O. The molecule has 0 spiro atoms. The lowest BCUT2D eigenvalue weighted by Crippen LogP contribution is -2.61. The van der Waals surface area contributed by atoms with E-state index in [0.717, 1.165) is 103 Å². The van der Waals surface area contributed by atoms with Crippen LogP contribution in [0.2, 0.25) is 0 Å². The normalized spacial score (nSPS) is 19.7. The molecule has 434 valence electrons. The first-order valence-corrected chi connectivity index (χ1v) is 30.7. The van der Waals surface area contributed by atoms with Crippen LogP contribution in [0.5, 0.6) is 0 Å². The van der Waals surface area contributed by atoms with E-state index in [1.165, 1.54) is 109 Å². The number of rotatable bonds is 51. The van der Waals surface area contributed by atoms with Crippen molar-refractivity contribution in [2.75, 3.05) is 13.2 Å². The third kappa shape index (κ3) is 40.0. The Kier molecular flexibility index (Phi) is 48.5. The molecule has 75 heavy (non-hydrogen) atoms. The highest BCUT2D eigenvalue weighted by Crippen LogP contribution is 2.26. The summed E-state index contributed by atoms with van der Waals surface area (Å²) < 4.78 is 17.6. The Morgan fingerprint density at radius 1 is 0.547 bits per heavy atom. The van der Waals surface area contributed by atoms with Crippen LogP contribution in [0.4, 0.5) is 0 Å². The molecule has 1 aliphatic rings. The summed E-state index contributed by atoms with van der Waals surface area (Å²) in [5.74, 6) is -1.21. The first kappa shape index (κ1) is 70.1. The molecule has 0 radical (unpaired) electrons. The van der Waals surface area contributed by atoms with Crippen molar-refractivity contribution in [1.82, 2.24) is 5.32 Å². The van der Waals surface area contributed by atoms with E-state index in [1.807, 2.05) is 12.2 Å². The molecule has 0 bridgehead atoms. The van der Waals surface area contributed by atoms with Crippen LogP contribution in [0.1, 0.15) is 258 Å². The highest BCUT2D eigenvalue weighted by Gasteiger charge is 2.47. The Bertz CT molecular complexity index is 1490. The van der Waals surface area contributed by atoms with Crippen molar-refractivity contribution < 1.29 is 49.3 Å². The minimum atomic E-state index is -1.62. The standard InChI is InChI=1S/C64H113NO10/c1-4-7-10-13-16-19-22-24-26-27-28-29-30-32-33-36-39-42-45-48-51-57(68)63(72)65-55(56(67)50-47-44-41-38-35-21-18-15-12-9-6-3)54-73-64-62(61(71)60(70)58(53-66)74-64)75-59(69)52-49-46-43-40-37-34-31-25-23-20-17-14-11-8-5-2/h8,11,14,16-17,19-20,23-24,26,47,50,55-58,60-62,64,66-68,70-71H,4-7,9-10,12-13,15,18,21-22,25,27-46,48-49,51-54H2,1-3H3,(H,65,72)/b11-8+,17-14+,19-16-,23-20+,26-24-,50-47+. The van der Waals surface area contributed by atoms with Crippen molar-refractivity contribution >= 4 is 11.9 Å². The van der Waals surface area contributed by atoms with Gasteiger partial charge >= 0.3 is 5.97 Å². The summed E-state index contributed by atoms with van der Waals surface area (Å²) in [5.41, 5.74) is 0. The van der Waals surface area contributed by atoms with E-state index >= 15 is 0 Å². The average molecular weight is 1060 g/mol. The van der Waals surface area contributed by atoms with Gasteiger partial charge in [0.1, 0.15) is 24.4 Å². The van der Waals surface area contributed by atoms with Crippen molar-refractivity contribution in [1.29, 1.82) is 0 Å². The third-order valence-corrected chi connectivity index (χ3v) is 14.2. The van der Waals surface area contributed by atoms with E-state index in [-0.39, 0.29) is 19.4 Å². The van der Waals surface area contributed by atoms with Crippen molar-refractivity contribution in [2.24, 2.45) is 0 Å². The van der Waals surface area contributed by atoms with Gasteiger partial charge < -0.3 is 45.1 Å². The molecule has 1 saturated heterocycles. The molecule has 1 amide bonds. The number of amides is 1. The zero-order valence-corrected chi connectivity index (χ0v) is 47.9. The largest absolute Gasteiger partial charge is 0.454 e. The second-order valence-corrected chi connectivity index (χ2v) is 21.1. The number of aliphatic hydroxyl groups is 5. The highest BCUT2D eigenvalue weighted by molar-refractivity contribution is 5.80. The maximum Gasteiger partial charge on any atom is 0.306 e. The zero-order valence-electron chi connectivity index (χ0n) is 47.9. The lowest BCUT2D eigenvalue weighted by atomic mass is 9.99. The molecule has 1 aliphatic heterocycles. The molecule has 0 aromatic heterocycles. The predicted octanol–water partition coefficient (Wildman–Crippen LogP) is 14.4. The second kappa shape index (κ2) is 51.8. The fourth-order valence-electron chi connectivity index (χ4n) is 9.27. The number of allylic oxidation sites excluding steroid dienone is 11. The van der Waals surface area contributed by atoms with E-state index in [1.54, 1.807) is 6.08 Å². The summed E-state index contributed by atoms with van der Waals surface area (Å²) in [7, 11) is 0. The first-order valence-electron chi connectivity index (χ1n) is 30.7. The van der Waals surface area contributed by atoms with Crippen LogP contribution >= 0.6 is 0 Å². The van der Waals surface area contributed by atoms with Gasteiger partial charge in [0.05, 0.1) is 25.4 Å². The van der Waals surface area contributed by atoms with Gasteiger partial charge in [0.15, 0.2) is 12.4 Å². The summed E-state index contributed by atoms with van der Waals surface area (Å²) >= 11 is 0. The summed E-state index contributed by atoms with van der Waals surface area (Å²) in [5, 5.41) is 56.9. The highest BCUT2D eigenvalue weighted by atomic mass is 16.7. The Hall–Kier alpha value is -2.90. The van der Waals surface area contributed by atoms with Crippen molar-refractivity contribution in [2.45, 2.75) is 307 Å².